The fourth-order valence-electron chi connectivity index (χ4n) is 2.34. The highest BCUT2D eigenvalue weighted by atomic mass is 15.0. The summed E-state index contributed by atoms with van der Waals surface area (Å²) in [7, 11) is 0. The maximum absolute atomic E-state index is 3.68. The van der Waals surface area contributed by atoms with Crippen LogP contribution in [0.1, 0.15) is 43.9 Å². The van der Waals surface area contributed by atoms with E-state index in [4.69, 9.17) is 0 Å². The molecule has 1 atom stereocenters. The van der Waals surface area contributed by atoms with E-state index in [2.05, 4.69) is 50.4 Å². The van der Waals surface area contributed by atoms with Gasteiger partial charge in [0.1, 0.15) is 0 Å². The van der Waals surface area contributed by atoms with E-state index in [1.807, 2.05) is 0 Å². The summed E-state index contributed by atoms with van der Waals surface area (Å²) in [4.78, 5) is 0. The summed E-state index contributed by atoms with van der Waals surface area (Å²) in [6.45, 7) is 6.72. The smallest absolute Gasteiger partial charge is 0.0294 e. The summed E-state index contributed by atoms with van der Waals surface area (Å²) < 4.78 is 0. The second kappa shape index (κ2) is 4.36. The molecule has 1 saturated carbocycles. The first kappa shape index (κ1) is 10.7. The zero-order valence-corrected chi connectivity index (χ0v) is 9.96. The Balaban J connectivity index is 1.90. The average molecular weight is 203 g/mol. The van der Waals surface area contributed by atoms with Crippen molar-refractivity contribution in [3.63, 3.8) is 0 Å². The van der Waals surface area contributed by atoms with Gasteiger partial charge in [-0.25, -0.2) is 0 Å². The summed E-state index contributed by atoms with van der Waals surface area (Å²) >= 11 is 0. The van der Waals surface area contributed by atoms with Crippen molar-refractivity contribution in [2.24, 2.45) is 5.92 Å². The quantitative estimate of drug-likeness (QED) is 0.793. The lowest BCUT2D eigenvalue weighted by atomic mass is 9.81. The van der Waals surface area contributed by atoms with Crippen LogP contribution in [0.2, 0.25) is 0 Å². The number of hydrogen-bond donors (Lipinski definition) is 1. The molecular weight excluding hydrogens is 182 g/mol. The molecule has 1 aliphatic carbocycles. The van der Waals surface area contributed by atoms with E-state index in [1.165, 1.54) is 24.0 Å². The highest BCUT2D eigenvalue weighted by molar-refractivity contribution is 5.23. The van der Waals surface area contributed by atoms with Gasteiger partial charge >= 0.3 is 0 Å². The van der Waals surface area contributed by atoms with Gasteiger partial charge in [-0.2, -0.15) is 0 Å². The number of benzene rings is 1. The Bertz CT molecular complexity index is 309. The lowest BCUT2D eigenvalue weighted by Crippen LogP contribution is -2.41. The Labute approximate surface area is 92.9 Å². The lowest BCUT2D eigenvalue weighted by Gasteiger charge is -2.35. The Kier molecular flexibility index (Phi) is 3.11. The first-order chi connectivity index (χ1) is 7.15. The largest absolute Gasteiger partial charge is 0.307 e. The molecule has 0 spiro atoms. The van der Waals surface area contributed by atoms with Crippen LogP contribution >= 0.6 is 0 Å². The molecule has 15 heavy (non-hydrogen) atoms. The lowest BCUT2D eigenvalue weighted by molar-refractivity contribution is 0.226. The third-order valence-electron chi connectivity index (χ3n) is 3.44. The second-order valence-electron chi connectivity index (χ2n) is 5.07. The van der Waals surface area contributed by atoms with Crippen molar-refractivity contribution in [3.05, 3.63) is 35.4 Å². The molecule has 1 aromatic rings. The van der Waals surface area contributed by atoms with Gasteiger partial charge < -0.3 is 5.32 Å². The molecule has 0 bridgehead atoms. The van der Waals surface area contributed by atoms with Crippen LogP contribution in [0.15, 0.2) is 24.3 Å². The standard InChI is InChI=1S/C14H21N/c1-10-4-6-13(7-5-10)12(3)15-14-8-11(2)9-14/h4-7,11-12,14-15H,8-9H2,1-3H3. The third-order valence-corrected chi connectivity index (χ3v) is 3.44. The Morgan fingerprint density at radius 3 is 2.33 bits per heavy atom. The molecule has 1 fully saturated rings. The molecule has 1 aliphatic rings. The van der Waals surface area contributed by atoms with Crippen molar-refractivity contribution in [1.29, 1.82) is 0 Å². The Morgan fingerprint density at radius 2 is 1.80 bits per heavy atom. The van der Waals surface area contributed by atoms with E-state index in [-0.39, 0.29) is 0 Å². The zero-order chi connectivity index (χ0) is 10.8. The molecule has 0 amide bonds. The van der Waals surface area contributed by atoms with Crippen LogP contribution in [0.3, 0.4) is 0 Å². The molecule has 0 aliphatic heterocycles. The SMILES string of the molecule is Cc1ccc(C(C)NC2CC(C)C2)cc1. The maximum atomic E-state index is 3.68. The number of hydrogen-bond acceptors (Lipinski definition) is 1. The third kappa shape index (κ3) is 2.60. The average Bonchev–Trinajstić information content (AvgIpc) is 2.16. The van der Waals surface area contributed by atoms with E-state index < -0.39 is 0 Å². The van der Waals surface area contributed by atoms with Gasteiger partial charge in [-0.05, 0) is 38.2 Å². The number of rotatable bonds is 3. The van der Waals surface area contributed by atoms with Gasteiger partial charge in [0, 0.05) is 12.1 Å². The monoisotopic (exact) mass is 203 g/mol. The molecule has 0 saturated heterocycles. The summed E-state index contributed by atoms with van der Waals surface area (Å²) in [5.74, 6) is 0.924. The van der Waals surface area contributed by atoms with Gasteiger partial charge in [-0.15, -0.1) is 0 Å². The molecule has 1 unspecified atom stereocenters. The van der Waals surface area contributed by atoms with Crippen LogP contribution in [0, 0.1) is 12.8 Å². The van der Waals surface area contributed by atoms with E-state index >= 15 is 0 Å². The summed E-state index contributed by atoms with van der Waals surface area (Å²) in [5, 5.41) is 3.68. The van der Waals surface area contributed by atoms with Crippen LogP contribution in [0.5, 0.6) is 0 Å². The Morgan fingerprint density at radius 1 is 1.20 bits per heavy atom. The number of aryl methyl sites for hydroxylation is 1. The molecule has 1 nitrogen and oxygen atoms in total. The van der Waals surface area contributed by atoms with Gasteiger partial charge in [0.2, 0.25) is 0 Å². The maximum Gasteiger partial charge on any atom is 0.0294 e. The predicted molar refractivity (Wildman–Crippen MR) is 64.9 cm³/mol. The minimum Gasteiger partial charge on any atom is -0.307 e. The minimum absolute atomic E-state index is 0.489. The first-order valence-electron chi connectivity index (χ1n) is 5.98. The zero-order valence-electron chi connectivity index (χ0n) is 9.96. The number of nitrogens with one attached hydrogen (secondary N) is 1. The van der Waals surface area contributed by atoms with Crippen molar-refractivity contribution in [1.82, 2.24) is 5.32 Å². The minimum atomic E-state index is 0.489. The highest BCUT2D eigenvalue weighted by Gasteiger charge is 2.26. The highest BCUT2D eigenvalue weighted by Crippen LogP contribution is 2.28. The first-order valence-corrected chi connectivity index (χ1v) is 5.98. The van der Waals surface area contributed by atoms with Crippen LogP contribution in [-0.2, 0) is 0 Å². The van der Waals surface area contributed by atoms with E-state index in [9.17, 15) is 0 Å². The normalized spacial score (nSPS) is 27.1. The van der Waals surface area contributed by atoms with Crippen LogP contribution in [0.25, 0.3) is 0 Å². The van der Waals surface area contributed by atoms with Crippen molar-refractivity contribution in [2.75, 3.05) is 0 Å². The molecule has 0 radical (unpaired) electrons. The summed E-state index contributed by atoms with van der Waals surface area (Å²) in [6, 6.07) is 10.1. The molecule has 1 aromatic carbocycles. The summed E-state index contributed by atoms with van der Waals surface area (Å²) in [6.07, 6.45) is 2.69. The molecule has 82 valence electrons. The molecular formula is C14H21N. The van der Waals surface area contributed by atoms with E-state index in [0.29, 0.717) is 6.04 Å². The topological polar surface area (TPSA) is 12.0 Å². The van der Waals surface area contributed by atoms with E-state index in [0.717, 1.165) is 12.0 Å². The molecule has 1 heteroatoms. The van der Waals surface area contributed by atoms with Gasteiger partial charge in [-0.1, -0.05) is 36.8 Å². The van der Waals surface area contributed by atoms with Crippen molar-refractivity contribution < 1.29 is 0 Å². The van der Waals surface area contributed by atoms with Crippen LogP contribution < -0.4 is 5.32 Å². The molecule has 2 rings (SSSR count). The molecule has 0 heterocycles. The van der Waals surface area contributed by atoms with E-state index in [1.54, 1.807) is 0 Å². The predicted octanol–water partition coefficient (Wildman–Crippen LogP) is 3.44. The van der Waals surface area contributed by atoms with Gasteiger partial charge in [0.05, 0.1) is 0 Å². The van der Waals surface area contributed by atoms with Gasteiger partial charge in [0.25, 0.3) is 0 Å². The fourth-order valence-corrected chi connectivity index (χ4v) is 2.34. The Hall–Kier alpha value is -0.820. The van der Waals surface area contributed by atoms with Crippen LogP contribution in [0.4, 0.5) is 0 Å². The fraction of sp³-hybridized carbons (Fsp3) is 0.571. The van der Waals surface area contributed by atoms with Crippen LogP contribution in [-0.4, -0.2) is 6.04 Å². The summed E-state index contributed by atoms with van der Waals surface area (Å²) in [5.41, 5.74) is 2.74. The van der Waals surface area contributed by atoms with Crippen molar-refractivity contribution in [3.8, 4) is 0 Å². The van der Waals surface area contributed by atoms with Gasteiger partial charge in [-0.3, -0.25) is 0 Å². The van der Waals surface area contributed by atoms with Gasteiger partial charge in [0.15, 0.2) is 0 Å². The second-order valence-corrected chi connectivity index (χ2v) is 5.07. The van der Waals surface area contributed by atoms with Crippen molar-refractivity contribution in [2.45, 2.75) is 45.7 Å². The van der Waals surface area contributed by atoms with Crippen molar-refractivity contribution >= 4 is 0 Å². The molecule has 0 aromatic heterocycles. The molecule has 1 N–H and O–H groups in total.